The molecule has 1 unspecified atom stereocenters. The summed E-state index contributed by atoms with van der Waals surface area (Å²) in [6.45, 7) is 6.15. The highest BCUT2D eigenvalue weighted by Crippen LogP contribution is 2.40. The van der Waals surface area contributed by atoms with Crippen LogP contribution in [0.3, 0.4) is 0 Å². The molecule has 2 heterocycles. The minimum absolute atomic E-state index is 0.193. The normalized spacial score (nSPS) is 19.9. The van der Waals surface area contributed by atoms with Crippen LogP contribution in [-0.2, 0) is 10.3 Å². The number of tetrazole rings is 1. The first-order chi connectivity index (χ1) is 13.0. The Labute approximate surface area is 157 Å². The first-order valence-corrected chi connectivity index (χ1v) is 8.90. The molecule has 6 heteroatoms. The summed E-state index contributed by atoms with van der Waals surface area (Å²) in [5.74, 6) is 0.121. The Bertz CT molecular complexity index is 1000. The maximum absolute atomic E-state index is 13.1. The molecule has 136 valence electrons. The van der Waals surface area contributed by atoms with E-state index in [1.54, 1.807) is 0 Å². The molecule has 6 nitrogen and oxygen atoms in total. The third-order valence-electron chi connectivity index (χ3n) is 5.11. The zero-order chi connectivity index (χ0) is 19.0. The Morgan fingerprint density at radius 2 is 1.59 bits per heavy atom. The van der Waals surface area contributed by atoms with Crippen LogP contribution >= 0.6 is 0 Å². The molecule has 0 aliphatic carbocycles. The van der Waals surface area contributed by atoms with Gasteiger partial charge in [0.1, 0.15) is 0 Å². The van der Waals surface area contributed by atoms with Gasteiger partial charge in [0, 0.05) is 6.42 Å². The highest BCUT2D eigenvalue weighted by Gasteiger charge is 2.39. The number of rotatable bonds is 3. The summed E-state index contributed by atoms with van der Waals surface area (Å²) in [4.78, 5) is 13.1. The van der Waals surface area contributed by atoms with Gasteiger partial charge < -0.3 is 5.32 Å². The van der Waals surface area contributed by atoms with Crippen molar-refractivity contribution in [3.05, 3.63) is 76.6 Å². The SMILES string of the molecule is Cc1ccc(C2=C(c3nn[nH]n3)C(=O)NC(C)(c3ccc(C)cc3)C2)cc1. The predicted molar refractivity (Wildman–Crippen MR) is 103 cm³/mol. The van der Waals surface area contributed by atoms with Gasteiger partial charge in [0.15, 0.2) is 0 Å². The fraction of sp³-hybridized carbons (Fsp3) is 0.238. The minimum atomic E-state index is -0.516. The Morgan fingerprint density at radius 3 is 2.19 bits per heavy atom. The van der Waals surface area contributed by atoms with E-state index < -0.39 is 5.54 Å². The van der Waals surface area contributed by atoms with Crippen molar-refractivity contribution < 1.29 is 4.79 Å². The minimum Gasteiger partial charge on any atom is -0.342 e. The van der Waals surface area contributed by atoms with E-state index in [1.165, 1.54) is 11.1 Å². The third-order valence-corrected chi connectivity index (χ3v) is 5.11. The van der Waals surface area contributed by atoms with Gasteiger partial charge in [-0.15, -0.1) is 10.2 Å². The van der Waals surface area contributed by atoms with Crippen LogP contribution in [-0.4, -0.2) is 26.5 Å². The van der Waals surface area contributed by atoms with Crippen LogP contribution < -0.4 is 5.32 Å². The molecular weight excluding hydrogens is 338 g/mol. The van der Waals surface area contributed by atoms with Crippen LogP contribution in [0.4, 0.5) is 0 Å². The summed E-state index contributed by atoms with van der Waals surface area (Å²) < 4.78 is 0. The third kappa shape index (κ3) is 3.14. The molecule has 0 bridgehead atoms. The van der Waals surface area contributed by atoms with Crippen molar-refractivity contribution in [2.75, 3.05) is 0 Å². The first kappa shape index (κ1) is 17.1. The smallest absolute Gasteiger partial charge is 0.256 e. The van der Waals surface area contributed by atoms with Gasteiger partial charge in [-0.25, -0.2) is 0 Å². The van der Waals surface area contributed by atoms with Gasteiger partial charge in [0.25, 0.3) is 5.91 Å². The number of amides is 1. The maximum Gasteiger partial charge on any atom is 0.256 e. The Balaban J connectivity index is 1.87. The lowest BCUT2D eigenvalue weighted by molar-refractivity contribution is -0.117. The standard InChI is InChI=1S/C21H21N5O/c1-13-4-8-15(9-5-13)17-12-21(3,16-10-6-14(2)7-11-16)22-20(27)18(17)19-23-25-26-24-19/h4-11H,12H2,1-3H3,(H,22,27)(H,23,24,25,26). The summed E-state index contributed by atoms with van der Waals surface area (Å²) in [5, 5.41) is 17.3. The number of benzene rings is 2. The molecule has 1 amide bonds. The number of carbonyl (C=O) groups is 1. The van der Waals surface area contributed by atoms with Gasteiger partial charge in [-0.05, 0) is 42.7 Å². The molecule has 2 N–H and O–H groups in total. The Morgan fingerprint density at radius 1 is 0.963 bits per heavy atom. The zero-order valence-corrected chi connectivity index (χ0v) is 15.6. The van der Waals surface area contributed by atoms with Gasteiger partial charge in [0.2, 0.25) is 5.82 Å². The highest BCUT2D eigenvalue weighted by molar-refractivity contribution is 6.27. The van der Waals surface area contributed by atoms with Crippen molar-refractivity contribution >= 4 is 17.1 Å². The van der Waals surface area contributed by atoms with Crippen molar-refractivity contribution in [2.24, 2.45) is 0 Å². The molecule has 1 aliphatic rings. The number of carbonyl (C=O) groups excluding carboxylic acids is 1. The van der Waals surface area contributed by atoms with E-state index in [0.29, 0.717) is 17.8 Å². The number of nitrogens with one attached hydrogen (secondary N) is 2. The van der Waals surface area contributed by atoms with Gasteiger partial charge in [0.05, 0.1) is 11.1 Å². The lowest BCUT2D eigenvalue weighted by Crippen LogP contribution is -2.47. The van der Waals surface area contributed by atoms with Crippen LogP contribution in [0, 0.1) is 13.8 Å². The van der Waals surface area contributed by atoms with Crippen molar-refractivity contribution in [3.8, 4) is 0 Å². The second-order valence-corrected chi connectivity index (χ2v) is 7.28. The number of aromatic amines is 1. The van der Waals surface area contributed by atoms with E-state index in [-0.39, 0.29) is 5.91 Å². The molecular formula is C21H21N5O. The Hall–Kier alpha value is -3.28. The molecule has 0 fully saturated rings. The molecule has 1 aliphatic heterocycles. The average molecular weight is 359 g/mol. The van der Waals surface area contributed by atoms with Crippen molar-refractivity contribution in [2.45, 2.75) is 32.7 Å². The number of aromatic nitrogens is 4. The predicted octanol–water partition coefficient (Wildman–Crippen LogP) is 3.16. The number of nitrogens with zero attached hydrogens (tertiary/aromatic N) is 3. The van der Waals surface area contributed by atoms with Crippen LogP contribution in [0.5, 0.6) is 0 Å². The Kier molecular flexibility index (Phi) is 4.11. The summed E-state index contributed by atoms with van der Waals surface area (Å²) in [7, 11) is 0. The van der Waals surface area contributed by atoms with Crippen molar-refractivity contribution in [1.82, 2.24) is 25.9 Å². The molecule has 0 saturated carbocycles. The average Bonchev–Trinajstić information content (AvgIpc) is 3.16. The fourth-order valence-corrected chi connectivity index (χ4v) is 3.54. The maximum atomic E-state index is 13.1. The monoisotopic (exact) mass is 359 g/mol. The van der Waals surface area contributed by atoms with E-state index in [4.69, 9.17) is 0 Å². The molecule has 1 atom stereocenters. The molecule has 4 rings (SSSR count). The largest absolute Gasteiger partial charge is 0.342 e. The van der Waals surface area contributed by atoms with E-state index in [9.17, 15) is 4.79 Å². The number of hydrogen-bond donors (Lipinski definition) is 2. The number of H-pyrrole nitrogens is 1. The molecule has 27 heavy (non-hydrogen) atoms. The summed E-state index contributed by atoms with van der Waals surface area (Å²) in [6, 6.07) is 16.5. The number of hydrogen-bond acceptors (Lipinski definition) is 4. The van der Waals surface area contributed by atoms with Crippen molar-refractivity contribution in [3.63, 3.8) is 0 Å². The summed E-state index contributed by atoms with van der Waals surface area (Å²) >= 11 is 0. The first-order valence-electron chi connectivity index (χ1n) is 8.90. The zero-order valence-electron chi connectivity index (χ0n) is 15.6. The summed E-state index contributed by atoms with van der Waals surface area (Å²) in [6.07, 6.45) is 0.634. The second kappa shape index (κ2) is 6.46. The lowest BCUT2D eigenvalue weighted by atomic mass is 9.78. The molecule has 0 radical (unpaired) electrons. The van der Waals surface area contributed by atoms with E-state index in [2.05, 4.69) is 64.1 Å². The van der Waals surface area contributed by atoms with Crippen LogP contribution in [0.2, 0.25) is 0 Å². The van der Waals surface area contributed by atoms with Crippen molar-refractivity contribution in [1.29, 1.82) is 0 Å². The van der Waals surface area contributed by atoms with Gasteiger partial charge >= 0.3 is 0 Å². The fourth-order valence-electron chi connectivity index (χ4n) is 3.54. The molecule has 2 aromatic carbocycles. The highest BCUT2D eigenvalue weighted by atomic mass is 16.2. The van der Waals surface area contributed by atoms with E-state index >= 15 is 0 Å². The lowest BCUT2D eigenvalue weighted by Gasteiger charge is -2.37. The van der Waals surface area contributed by atoms with Gasteiger partial charge in [-0.3, -0.25) is 4.79 Å². The summed E-state index contributed by atoms with van der Waals surface area (Å²) in [5.41, 5.74) is 5.29. The number of aryl methyl sites for hydroxylation is 2. The second-order valence-electron chi connectivity index (χ2n) is 7.28. The quantitative estimate of drug-likeness (QED) is 0.752. The molecule has 1 aromatic heterocycles. The molecule has 3 aromatic rings. The van der Waals surface area contributed by atoms with Gasteiger partial charge in [-0.2, -0.15) is 5.21 Å². The topological polar surface area (TPSA) is 83.6 Å². The van der Waals surface area contributed by atoms with Gasteiger partial charge in [-0.1, -0.05) is 59.7 Å². The van der Waals surface area contributed by atoms with Crippen LogP contribution in [0.15, 0.2) is 48.5 Å². The molecule has 0 saturated heterocycles. The van der Waals surface area contributed by atoms with Crippen LogP contribution in [0.1, 0.15) is 41.4 Å². The van der Waals surface area contributed by atoms with E-state index in [0.717, 1.165) is 16.7 Å². The van der Waals surface area contributed by atoms with Crippen LogP contribution in [0.25, 0.3) is 11.1 Å². The van der Waals surface area contributed by atoms with E-state index in [1.807, 2.05) is 31.2 Å². The molecule has 0 spiro atoms.